The third kappa shape index (κ3) is 3.43. The molecule has 0 saturated carbocycles. The predicted molar refractivity (Wildman–Crippen MR) is 91.5 cm³/mol. The van der Waals surface area contributed by atoms with E-state index in [1.54, 1.807) is 12.1 Å². The average Bonchev–Trinajstić information content (AvgIpc) is 2.61. The molecule has 1 N–H and O–H groups in total. The summed E-state index contributed by atoms with van der Waals surface area (Å²) >= 11 is 0. The van der Waals surface area contributed by atoms with Gasteiger partial charge >= 0.3 is 0 Å². The van der Waals surface area contributed by atoms with Gasteiger partial charge in [0.15, 0.2) is 5.03 Å². The Hall–Kier alpha value is -2.75. The zero-order chi connectivity index (χ0) is 17.0. The average molecular weight is 337 g/mol. The molecule has 3 rings (SSSR count). The van der Waals surface area contributed by atoms with E-state index in [2.05, 4.69) is 9.71 Å². The summed E-state index contributed by atoms with van der Waals surface area (Å²) in [7, 11) is -3.80. The highest BCUT2D eigenvalue weighted by Crippen LogP contribution is 2.24. The SMILES string of the molecule is N#CCC(NS(=O)(=O)c1ccccn1)c1ccc2ccccc2c1. The largest absolute Gasteiger partial charge is 0.258 e. The molecular weight excluding hydrogens is 322 g/mol. The Kier molecular flexibility index (Phi) is 4.56. The first-order chi connectivity index (χ1) is 11.6. The van der Waals surface area contributed by atoms with Crippen molar-refractivity contribution in [1.82, 2.24) is 9.71 Å². The van der Waals surface area contributed by atoms with Crippen LogP contribution >= 0.6 is 0 Å². The molecule has 0 aliphatic heterocycles. The van der Waals surface area contributed by atoms with Crippen LogP contribution in [0.25, 0.3) is 10.8 Å². The number of pyridine rings is 1. The lowest BCUT2D eigenvalue weighted by molar-refractivity contribution is 0.555. The summed E-state index contributed by atoms with van der Waals surface area (Å²) in [6.07, 6.45) is 1.45. The molecule has 0 amide bonds. The fourth-order valence-electron chi connectivity index (χ4n) is 2.50. The van der Waals surface area contributed by atoms with Gasteiger partial charge in [-0.1, -0.05) is 42.5 Å². The molecule has 0 bridgehead atoms. The molecule has 0 spiro atoms. The Morgan fingerprint density at radius 2 is 1.79 bits per heavy atom. The van der Waals surface area contributed by atoms with E-state index in [0.717, 1.165) is 16.3 Å². The lowest BCUT2D eigenvalue weighted by Gasteiger charge is -2.17. The molecule has 120 valence electrons. The summed E-state index contributed by atoms with van der Waals surface area (Å²) < 4.78 is 27.5. The molecule has 3 aromatic rings. The number of hydrogen-bond donors (Lipinski definition) is 1. The number of benzene rings is 2. The Bertz CT molecular complexity index is 995. The first-order valence-corrected chi connectivity index (χ1v) is 8.87. The first kappa shape index (κ1) is 16.1. The minimum atomic E-state index is -3.80. The van der Waals surface area contributed by atoms with E-state index in [0.29, 0.717) is 0 Å². The van der Waals surface area contributed by atoms with E-state index >= 15 is 0 Å². The fourth-order valence-corrected chi connectivity index (χ4v) is 3.67. The van der Waals surface area contributed by atoms with Gasteiger partial charge in [0.2, 0.25) is 0 Å². The molecule has 2 aromatic carbocycles. The van der Waals surface area contributed by atoms with Crippen LogP contribution in [0.2, 0.25) is 0 Å². The van der Waals surface area contributed by atoms with Crippen LogP contribution in [0.15, 0.2) is 71.9 Å². The van der Waals surface area contributed by atoms with Crippen LogP contribution in [-0.2, 0) is 10.0 Å². The topological polar surface area (TPSA) is 82.9 Å². The van der Waals surface area contributed by atoms with E-state index in [9.17, 15) is 8.42 Å². The number of aromatic nitrogens is 1. The predicted octanol–water partition coefficient (Wildman–Crippen LogP) is 3.17. The number of nitrogens with zero attached hydrogens (tertiary/aromatic N) is 2. The van der Waals surface area contributed by atoms with Gasteiger partial charge in [0.05, 0.1) is 18.5 Å². The minimum absolute atomic E-state index is 0.0321. The van der Waals surface area contributed by atoms with Crippen molar-refractivity contribution in [3.05, 3.63) is 72.4 Å². The van der Waals surface area contributed by atoms with Gasteiger partial charge in [-0.05, 0) is 34.5 Å². The number of nitriles is 1. The lowest BCUT2D eigenvalue weighted by Crippen LogP contribution is -2.29. The Morgan fingerprint density at radius 1 is 1.04 bits per heavy atom. The maximum absolute atomic E-state index is 12.5. The molecular formula is C18H15N3O2S. The normalized spacial score (nSPS) is 12.6. The maximum Gasteiger partial charge on any atom is 0.258 e. The summed E-state index contributed by atoms with van der Waals surface area (Å²) in [6, 6.07) is 19.5. The second-order valence-corrected chi connectivity index (χ2v) is 6.97. The molecule has 0 aliphatic rings. The van der Waals surface area contributed by atoms with Crippen LogP contribution in [0.3, 0.4) is 0 Å². The van der Waals surface area contributed by atoms with Crippen molar-refractivity contribution < 1.29 is 8.42 Å². The molecule has 1 unspecified atom stereocenters. The Morgan fingerprint density at radius 3 is 2.50 bits per heavy atom. The smallest absolute Gasteiger partial charge is 0.243 e. The highest BCUT2D eigenvalue weighted by Gasteiger charge is 2.22. The quantitative estimate of drug-likeness (QED) is 0.775. The second-order valence-electron chi connectivity index (χ2n) is 5.31. The second kappa shape index (κ2) is 6.79. The summed E-state index contributed by atoms with van der Waals surface area (Å²) in [5.74, 6) is 0. The molecule has 0 saturated heterocycles. The Balaban J connectivity index is 1.96. The van der Waals surface area contributed by atoms with E-state index in [1.807, 2.05) is 48.5 Å². The van der Waals surface area contributed by atoms with Crippen LogP contribution in [-0.4, -0.2) is 13.4 Å². The zero-order valence-electron chi connectivity index (χ0n) is 12.8. The maximum atomic E-state index is 12.5. The summed E-state index contributed by atoms with van der Waals surface area (Å²) in [4.78, 5) is 3.87. The van der Waals surface area contributed by atoms with Crippen LogP contribution in [0, 0.1) is 11.3 Å². The van der Waals surface area contributed by atoms with E-state index in [-0.39, 0.29) is 11.4 Å². The van der Waals surface area contributed by atoms with Crippen molar-refractivity contribution in [2.75, 3.05) is 0 Å². The lowest BCUT2D eigenvalue weighted by atomic mass is 10.0. The number of fused-ring (bicyclic) bond motifs is 1. The Labute approximate surface area is 140 Å². The number of hydrogen-bond acceptors (Lipinski definition) is 4. The van der Waals surface area contributed by atoms with Crippen molar-refractivity contribution in [3.8, 4) is 6.07 Å². The third-order valence-corrected chi connectivity index (χ3v) is 5.07. The molecule has 24 heavy (non-hydrogen) atoms. The van der Waals surface area contributed by atoms with Crippen LogP contribution in [0.1, 0.15) is 18.0 Å². The monoisotopic (exact) mass is 337 g/mol. The van der Waals surface area contributed by atoms with E-state index < -0.39 is 16.1 Å². The number of nitrogens with one attached hydrogen (secondary N) is 1. The van der Waals surface area contributed by atoms with Gasteiger partial charge < -0.3 is 0 Å². The van der Waals surface area contributed by atoms with Crippen molar-refractivity contribution in [1.29, 1.82) is 5.26 Å². The molecule has 0 fully saturated rings. The minimum Gasteiger partial charge on any atom is -0.243 e. The van der Waals surface area contributed by atoms with Crippen LogP contribution in [0.5, 0.6) is 0 Å². The van der Waals surface area contributed by atoms with Gasteiger partial charge in [0, 0.05) is 6.20 Å². The zero-order valence-corrected chi connectivity index (χ0v) is 13.6. The molecule has 6 heteroatoms. The van der Waals surface area contributed by atoms with E-state index in [1.165, 1.54) is 12.3 Å². The molecule has 1 heterocycles. The molecule has 0 radical (unpaired) electrons. The van der Waals surface area contributed by atoms with Gasteiger partial charge in [-0.2, -0.15) is 5.26 Å². The van der Waals surface area contributed by atoms with Gasteiger partial charge in [-0.3, -0.25) is 0 Å². The van der Waals surface area contributed by atoms with Crippen LogP contribution < -0.4 is 4.72 Å². The molecule has 1 aromatic heterocycles. The summed E-state index contributed by atoms with van der Waals surface area (Å²) in [6.45, 7) is 0. The van der Waals surface area contributed by atoms with Gasteiger partial charge in [0.1, 0.15) is 0 Å². The fraction of sp³-hybridized carbons (Fsp3) is 0.111. The highest BCUT2D eigenvalue weighted by atomic mass is 32.2. The van der Waals surface area contributed by atoms with Gasteiger partial charge in [0.25, 0.3) is 10.0 Å². The first-order valence-electron chi connectivity index (χ1n) is 7.39. The van der Waals surface area contributed by atoms with Crippen molar-refractivity contribution in [3.63, 3.8) is 0 Å². The molecule has 5 nitrogen and oxygen atoms in total. The van der Waals surface area contributed by atoms with E-state index in [4.69, 9.17) is 5.26 Å². The van der Waals surface area contributed by atoms with Crippen molar-refractivity contribution in [2.45, 2.75) is 17.5 Å². The van der Waals surface area contributed by atoms with Gasteiger partial charge in [-0.15, -0.1) is 0 Å². The summed E-state index contributed by atoms with van der Waals surface area (Å²) in [5.41, 5.74) is 0.745. The highest BCUT2D eigenvalue weighted by molar-refractivity contribution is 7.89. The number of rotatable bonds is 5. The van der Waals surface area contributed by atoms with Crippen molar-refractivity contribution in [2.24, 2.45) is 0 Å². The standard InChI is InChI=1S/C18H15N3O2S/c19-11-10-17(21-24(22,23)18-7-3-4-12-20-18)16-9-8-14-5-1-2-6-15(14)13-16/h1-9,12-13,17,21H,10H2. The summed E-state index contributed by atoms with van der Waals surface area (Å²) in [5, 5.41) is 11.1. The van der Waals surface area contributed by atoms with Crippen molar-refractivity contribution >= 4 is 20.8 Å². The molecule has 1 atom stereocenters. The van der Waals surface area contributed by atoms with Gasteiger partial charge in [-0.25, -0.2) is 18.1 Å². The van der Waals surface area contributed by atoms with Crippen LogP contribution in [0.4, 0.5) is 0 Å². The molecule has 0 aliphatic carbocycles. The number of sulfonamides is 1. The third-order valence-electron chi connectivity index (χ3n) is 3.68.